The molecule has 2 aromatic carbocycles. The summed E-state index contributed by atoms with van der Waals surface area (Å²) in [6.07, 6.45) is 1.96. The van der Waals surface area contributed by atoms with Gasteiger partial charge in [-0.05, 0) is 50.2 Å². The molecule has 0 saturated carbocycles. The van der Waals surface area contributed by atoms with E-state index in [4.69, 9.17) is 0 Å². The lowest BCUT2D eigenvalue weighted by atomic mass is 9.93. The highest BCUT2D eigenvalue weighted by atomic mass is 16.2. The third kappa shape index (κ3) is 8.89. The standard InChI is InChI=1S/C32H43N5O5/c1-5-24-28(39)36-26(23-16-10-7-11-17-23)30(41)33-20-19-32(4,37-27(38)21(2)3)31(42)35-25(29(40)34-24)18-12-15-22-13-8-6-9-14-22/h6-11,13-14,16-17,21,24-26H,5,12,15,18-20H2,1-4H3,(H,33,41)(H,34,40)(H,35,42)(H,36,39)(H,37,38)/t24-,25?,26+,32+/m0/s1. The summed E-state index contributed by atoms with van der Waals surface area (Å²) in [6, 6.07) is 15.7. The van der Waals surface area contributed by atoms with Gasteiger partial charge < -0.3 is 26.6 Å². The fourth-order valence-electron chi connectivity index (χ4n) is 4.74. The number of amides is 5. The summed E-state index contributed by atoms with van der Waals surface area (Å²) < 4.78 is 0. The average Bonchev–Trinajstić information content (AvgIpc) is 2.98. The number of rotatable bonds is 8. The van der Waals surface area contributed by atoms with Crippen LogP contribution in [0.3, 0.4) is 0 Å². The quantitative estimate of drug-likeness (QED) is 0.327. The topological polar surface area (TPSA) is 146 Å². The molecule has 0 bridgehead atoms. The molecule has 42 heavy (non-hydrogen) atoms. The lowest BCUT2D eigenvalue weighted by molar-refractivity contribution is -0.138. The van der Waals surface area contributed by atoms with Gasteiger partial charge in [0.1, 0.15) is 23.7 Å². The summed E-state index contributed by atoms with van der Waals surface area (Å²) in [5, 5.41) is 14.0. The molecular weight excluding hydrogens is 534 g/mol. The molecule has 1 unspecified atom stereocenters. The van der Waals surface area contributed by atoms with Crippen molar-refractivity contribution in [2.45, 2.75) is 83.5 Å². The molecule has 4 atom stereocenters. The Morgan fingerprint density at radius 2 is 1.50 bits per heavy atom. The first-order valence-corrected chi connectivity index (χ1v) is 14.6. The monoisotopic (exact) mass is 577 g/mol. The van der Waals surface area contributed by atoms with Crippen LogP contribution in [0.4, 0.5) is 0 Å². The first kappa shape index (κ1) is 32.3. The molecule has 5 amide bonds. The molecule has 10 heteroatoms. The van der Waals surface area contributed by atoms with Gasteiger partial charge in [0.2, 0.25) is 29.5 Å². The van der Waals surface area contributed by atoms with E-state index in [9.17, 15) is 24.0 Å². The summed E-state index contributed by atoms with van der Waals surface area (Å²) in [5.74, 6) is -2.73. The van der Waals surface area contributed by atoms with Gasteiger partial charge >= 0.3 is 0 Å². The zero-order valence-electron chi connectivity index (χ0n) is 24.9. The van der Waals surface area contributed by atoms with Gasteiger partial charge in [-0.3, -0.25) is 24.0 Å². The fourth-order valence-corrected chi connectivity index (χ4v) is 4.74. The van der Waals surface area contributed by atoms with Crippen molar-refractivity contribution in [2.24, 2.45) is 5.92 Å². The van der Waals surface area contributed by atoms with E-state index in [2.05, 4.69) is 26.6 Å². The maximum Gasteiger partial charge on any atom is 0.247 e. The Hall–Kier alpha value is -4.21. The van der Waals surface area contributed by atoms with E-state index < -0.39 is 47.3 Å². The van der Waals surface area contributed by atoms with Crippen molar-refractivity contribution < 1.29 is 24.0 Å². The van der Waals surface area contributed by atoms with Crippen molar-refractivity contribution >= 4 is 29.5 Å². The highest BCUT2D eigenvalue weighted by Gasteiger charge is 2.38. The van der Waals surface area contributed by atoms with Crippen molar-refractivity contribution in [3.63, 3.8) is 0 Å². The van der Waals surface area contributed by atoms with Crippen LogP contribution in [0.1, 0.15) is 70.5 Å². The van der Waals surface area contributed by atoms with Gasteiger partial charge in [-0.2, -0.15) is 0 Å². The minimum atomic E-state index is -1.41. The van der Waals surface area contributed by atoms with Gasteiger partial charge in [0.15, 0.2) is 0 Å². The molecule has 10 nitrogen and oxygen atoms in total. The molecule has 1 aliphatic heterocycles. The second-order valence-corrected chi connectivity index (χ2v) is 11.2. The van der Waals surface area contributed by atoms with Crippen LogP contribution >= 0.6 is 0 Å². The molecule has 0 radical (unpaired) electrons. The maximum atomic E-state index is 13.7. The Bertz CT molecular complexity index is 1240. The molecule has 2 aromatic rings. The molecule has 0 aliphatic carbocycles. The molecular formula is C32H43N5O5. The van der Waals surface area contributed by atoms with Crippen LogP contribution in [0.15, 0.2) is 60.7 Å². The number of nitrogens with one attached hydrogen (secondary N) is 5. The number of carbonyl (C=O) groups excluding carboxylic acids is 5. The molecule has 0 spiro atoms. The molecule has 226 valence electrons. The third-order valence-electron chi connectivity index (χ3n) is 7.49. The van der Waals surface area contributed by atoms with Gasteiger partial charge in [-0.1, -0.05) is 81.4 Å². The normalized spacial score (nSPS) is 24.1. The van der Waals surface area contributed by atoms with Crippen LogP contribution in [0.5, 0.6) is 0 Å². The van der Waals surface area contributed by atoms with Crippen LogP contribution in [0.2, 0.25) is 0 Å². The minimum Gasteiger partial charge on any atom is -0.354 e. The van der Waals surface area contributed by atoms with Crippen molar-refractivity contribution in [1.29, 1.82) is 0 Å². The minimum absolute atomic E-state index is 0.0441. The van der Waals surface area contributed by atoms with E-state index in [-0.39, 0.29) is 31.2 Å². The third-order valence-corrected chi connectivity index (χ3v) is 7.49. The fraction of sp³-hybridized carbons (Fsp3) is 0.469. The van der Waals surface area contributed by atoms with Gasteiger partial charge in [-0.15, -0.1) is 0 Å². The van der Waals surface area contributed by atoms with Gasteiger partial charge in [0, 0.05) is 12.5 Å². The molecule has 1 aliphatic rings. The van der Waals surface area contributed by atoms with Crippen molar-refractivity contribution in [1.82, 2.24) is 26.6 Å². The van der Waals surface area contributed by atoms with E-state index in [0.717, 1.165) is 5.56 Å². The predicted molar refractivity (Wildman–Crippen MR) is 160 cm³/mol. The Morgan fingerprint density at radius 3 is 2.12 bits per heavy atom. The number of carbonyl (C=O) groups is 5. The summed E-state index contributed by atoms with van der Waals surface area (Å²) in [6.45, 7) is 6.83. The Kier molecular flexibility index (Phi) is 11.6. The largest absolute Gasteiger partial charge is 0.354 e. The Morgan fingerprint density at radius 1 is 0.881 bits per heavy atom. The van der Waals surface area contributed by atoms with E-state index in [1.807, 2.05) is 30.3 Å². The average molecular weight is 578 g/mol. The van der Waals surface area contributed by atoms with Crippen LogP contribution in [-0.4, -0.2) is 53.7 Å². The summed E-state index contributed by atoms with van der Waals surface area (Å²) in [7, 11) is 0. The highest BCUT2D eigenvalue weighted by molar-refractivity contribution is 5.97. The lowest BCUT2D eigenvalue weighted by Crippen LogP contribution is -2.63. The second-order valence-electron chi connectivity index (χ2n) is 11.2. The van der Waals surface area contributed by atoms with Gasteiger partial charge in [-0.25, -0.2) is 0 Å². The number of hydrogen-bond donors (Lipinski definition) is 5. The number of benzene rings is 2. The van der Waals surface area contributed by atoms with Crippen LogP contribution in [0.25, 0.3) is 0 Å². The molecule has 5 N–H and O–H groups in total. The zero-order chi connectivity index (χ0) is 30.7. The van der Waals surface area contributed by atoms with Crippen LogP contribution < -0.4 is 26.6 Å². The number of hydrogen-bond acceptors (Lipinski definition) is 5. The van der Waals surface area contributed by atoms with E-state index in [1.54, 1.807) is 58.0 Å². The van der Waals surface area contributed by atoms with Crippen LogP contribution in [0, 0.1) is 5.92 Å². The first-order chi connectivity index (χ1) is 20.0. The summed E-state index contributed by atoms with van der Waals surface area (Å²) in [5.41, 5.74) is 0.267. The zero-order valence-corrected chi connectivity index (χ0v) is 24.9. The number of aryl methyl sites for hydroxylation is 1. The van der Waals surface area contributed by atoms with Crippen LogP contribution in [-0.2, 0) is 30.4 Å². The smallest absolute Gasteiger partial charge is 0.247 e. The summed E-state index contributed by atoms with van der Waals surface area (Å²) >= 11 is 0. The first-order valence-electron chi connectivity index (χ1n) is 14.6. The molecule has 1 heterocycles. The SMILES string of the molecule is CC[C@@H]1NC(=O)C(CCCc2ccccc2)NC(=O)[C@](C)(NC(=O)C(C)C)CCNC(=O)[C@@H](c2ccccc2)NC1=O. The Balaban J connectivity index is 1.93. The van der Waals surface area contributed by atoms with Crippen molar-refractivity contribution in [2.75, 3.05) is 6.54 Å². The Labute approximate surface area is 247 Å². The van der Waals surface area contributed by atoms with Crippen molar-refractivity contribution in [3.8, 4) is 0 Å². The van der Waals surface area contributed by atoms with E-state index in [0.29, 0.717) is 24.8 Å². The van der Waals surface area contributed by atoms with Crippen molar-refractivity contribution in [3.05, 3.63) is 71.8 Å². The van der Waals surface area contributed by atoms with E-state index in [1.165, 1.54) is 0 Å². The molecule has 3 rings (SSSR count). The van der Waals surface area contributed by atoms with Gasteiger partial charge in [0.25, 0.3) is 0 Å². The lowest BCUT2D eigenvalue weighted by Gasteiger charge is -2.33. The molecule has 0 aromatic heterocycles. The van der Waals surface area contributed by atoms with Gasteiger partial charge in [0.05, 0.1) is 0 Å². The summed E-state index contributed by atoms with van der Waals surface area (Å²) in [4.78, 5) is 66.6. The second kappa shape index (κ2) is 15.1. The predicted octanol–water partition coefficient (Wildman–Crippen LogP) is 2.30. The molecule has 1 saturated heterocycles. The van der Waals surface area contributed by atoms with E-state index >= 15 is 0 Å². The molecule has 1 fully saturated rings. The highest BCUT2D eigenvalue weighted by Crippen LogP contribution is 2.17. The maximum absolute atomic E-state index is 13.7.